The zero-order valence-corrected chi connectivity index (χ0v) is 14.3. The molecule has 0 saturated carbocycles. The Bertz CT molecular complexity index is 631. The number of rotatable bonds is 8. The lowest BCUT2D eigenvalue weighted by molar-refractivity contribution is -0.120. The predicted octanol–water partition coefficient (Wildman–Crippen LogP) is 0.917. The summed E-state index contributed by atoms with van der Waals surface area (Å²) in [5.74, 6) is -0.382. The van der Waals surface area contributed by atoms with Crippen LogP contribution in [0.3, 0.4) is 0 Å². The SMILES string of the molecule is COCCCNC(=O)CCS(=O)(=O)N1CCc2ccccc2C1. The van der Waals surface area contributed by atoms with Crippen LogP contribution in [0.25, 0.3) is 0 Å². The third-order valence-corrected chi connectivity index (χ3v) is 5.74. The van der Waals surface area contributed by atoms with Crippen molar-refractivity contribution in [1.82, 2.24) is 9.62 Å². The van der Waals surface area contributed by atoms with Gasteiger partial charge in [0.1, 0.15) is 0 Å². The fraction of sp³-hybridized carbons (Fsp3) is 0.562. The zero-order valence-electron chi connectivity index (χ0n) is 13.5. The summed E-state index contributed by atoms with van der Waals surface area (Å²) in [6.45, 7) is 1.96. The molecule has 0 radical (unpaired) electrons. The van der Waals surface area contributed by atoms with E-state index in [1.54, 1.807) is 7.11 Å². The van der Waals surface area contributed by atoms with Gasteiger partial charge in [-0.3, -0.25) is 4.79 Å². The molecule has 6 nitrogen and oxygen atoms in total. The van der Waals surface area contributed by atoms with Gasteiger partial charge in [-0.15, -0.1) is 0 Å². The number of hydrogen-bond donors (Lipinski definition) is 1. The number of fused-ring (bicyclic) bond motifs is 1. The van der Waals surface area contributed by atoms with Crippen LogP contribution in [-0.4, -0.2) is 51.2 Å². The number of methoxy groups -OCH3 is 1. The number of nitrogens with zero attached hydrogens (tertiary/aromatic N) is 1. The van der Waals surface area contributed by atoms with E-state index < -0.39 is 10.0 Å². The molecule has 1 aromatic carbocycles. The maximum Gasteiger partial charge on any atom is 0.221 e. The highest BCUT2D eigenvalue weighted by atomic mass is 32.2. The van der Waals surface area contributed by atoms with Gasteiger partial charge in [-0.1, -0.05) is 24.3 Å². The molecule has 23 heavy (non-hydrogen) atoms. The molecule has 0 unspecified atom stereocenters. The number of benzene rings is 1. The second kappa shape index (κ2) is 8.42. The number of carbonyl (C=O) groups excluding carboxylic acids is 1. The van der Waals surface area contributed by atoms with Gasteiger partial charge in [0.15, 0.2) is 0 Å². The van der Waals surface area contributed by atoms with Crippen molar-refractivity contribution in [3.05, 3.63) is 35.4 Å². The minimum absolute atomic E-state index is 0.00649. The normalized spacial score (nSPS) is 15.2. The Labute approximate surface area is 137 Å². The first-order valence-corrected chi connectivity index (χ1v) is 9.44. The van der Waals surface area contributed by atoms with Gasteiger partial charge in [-0.05, 0) is 24.0 Å². The number of carbonyl (C=O) groups is 1. The molecular formula is C16H24N2O4S. The molecule has 1 aliphatic heterocycles. The zero-order chi connectivity index (χ0) is 16.7. The van der Waals surface area contributed by atoms with Crippen LogP contribution >= 0.6 is 0 Å². The Morgan fingerprint density at radius 1 is 1.30 bits per heavy atom. The standard InChI is InChI=1S/C16H24N2O4S/c1-22-11-4-9-17-16(19)8-12-23(20,21)18-10-7-14-5-2-3-6-15(14)13-18/h2-3,5-6H,4,7-13H2,1H3,(H,17,19). The predicted molar refractivity (Wildman–Crippen MR) is 88.5 cm³/mol. The highest BCUT2D eigenvalue weighted by molar-refractivity contribution is 7.89. The second-order valence-electron chi connectivity index (χ2n) is 5.61. The molecule has 0 atom stereocenters. The lowest BCUT2D eigenvalue weighted by Crippen LogP contribution is -2.38. The number of amides is 1. The molecule has 0 fully saturated rings. The molecule has 0 saturated heterocycles. The third-order valence-electron chi connectivity index (χ3n) is 3.92. The van der Waals surface area contributed by atoms with Crippen molar-refractivity contribution >= 4 is 15.9 Å². The van der Waals surface area contributed by atoms with Crippen molar-refractivity contribution < 1.29 is 17.9 Å². The van der Waals surface area contributed by atoms with Gasteiger partial charge in [0, 0.05) is 39.8 Å². The van der Waals surface area contributed by atoms with Crippen molar-refractivity contribution in [2.45, 2.75) is 25.8 Å². The largest absolute Gasteiger partial charge is 0.385 e. The van der Waals surface area contributed by atoms with Crippen molar-refractivity contribution in [2.24, 2.45) is 0 Å². The van der Waals surface area contributed by atoms with E-state index in [4.69, 9.17) is 4.74 Å². The molecule has 0 bridgehead atoms. The third kappa shape index (κ3) is 5.30. The van der Waals surface area contributed by atoms with Gasteiger partial charge in [-0.2, -0.15) is 4.31 Å². The summed E-state index contributed by atoms with van der Waals surface area (Å²) in [6, 6.07) is 7.88. The minimum Gasteiger partial charge on any atom is -0.385 e. The van der Waals surface area contributed by atoms with Crippen LogP contribution in [-0.2, 0) is 32.5 Å². The molecule has 7 heteroatoms. The highest BCUT2D eigenvalue weighted by Gasteiger charge is 2.26. The molecule has 0 aliphatic carbocycles. The van der Waals surface area contributed by atoms with Gasteiger partial charge in [0.2, 0.25) is 15.9 Å². The molecule has 1 amide bonds. The number of ether oxygens (including phenoxy) is 1. The summed E-state index contributed by atoms with van der Waals surface area (Å²) in [5, 5.41) is 2.71. The average molecular weight is 340 g/mol. The molecule has 0 aromatic heterocycles. The van der Waals surface area contributed by atoms with Crippen molar-refractivity contribution in [1.29, 1.82) is 0 Å². The fourth-order valence-corrected chi connectivity index (χ4v) is 4.00. The minimum atomic E-state index is -3.41. The van der Waals surface area contributed by atoms with Gasteiger partial charge >= 0.3 is 0 Å². The van der Waals surface area contributed by atoms with Gasteiger partial charge in [0.05, 0.1) is 5.75 Å². The molecule has 128 valence electrons. The molecule has 2 rings (SSSR count). The lowest BCUT2D eigenvalue weighted by atomic mass is 10.0. The summed E-state index contributed by atoms with van der Waals surface area (Å²) in [7, 11) is -1.81. The summed E-state index contributed by atoms with van der Waals surface area (Å²) in [5.41, 5.74) is 2.25. The van der Waals surface area contributed by atoms with Crippen molar-refractivity contribution in [3.8, 4) is 0 Å². The van der Waals surface area contributed by atoms with E-state index in [-0.39, 0.29) is 18.1 Å². The van der Waals surface area contributed by atoms with Crippen LogP contribution in [0.1, 0.15) is 24.0 Å². The van der Waals surface area contributed by atoms with Gasteiger partial charge in [0.25, 0.3) is 0 Å². The van der Waals surface area contributed by atoms with Crippen LogP contribution in [0.5, 0.6) is 0 Å². The molecule has 1 heterocycles. The van der Waals surface area contributed by atoms with Crippen molar-refractivity contribution in [3.63, 3.8) is 0 Å². The molecule has 1 N–H and O–H groups in total. The van der Waals surface area contributed by atoms with E-state index in [2.05, 4.69) is 5.32 Å². The lowest BCUT2D eigenvalue weighted by Gasteiger charge is -2.28. The van der Waals surface area contributed by atoms with E-state index in [0.717, 1.165) is 18.4 Å². The number of nitrogens with one attached hydrogen (secondary N) is 1. The van der Waals surface area contributed by atoms with Gasteiger partial charge < -0.3 is 10.1 Å². The summed E-state index contributed by atoms with van der Waals surface area (Å²) in [4.78, 5) is 11.7. The Morgan fingerprint density at radius 3 is 2.78 bits per heavy atom. The van der Waals surface area contributed by atoms with E-state index in [9.17, 15) is 13.2 Å². The molecule has 1 aromatic rings. The first kappa shape index (κ1) is 17.9. The Morgan fingerprint density at radius 2 is 2.04 bits per heavy atom. The maximum absolute atomic E-state index is 12.4. The van der Waals surface area contributed by atoms with E-state index in [0.29, 0.717) is 26.2 Å². The Balaban J connectivity index is 1.82. The number of sulfonamides is 1. The Kier molecular flexibility index (Phi) is 6.56. The van der Waals surface area contributed by atoms with Crippen LogP contribution in [0.4, 0.5) is 0 Å². The Hall–Kier alpha value is -1.44. The first-order chi connectivity index (χ1) is 11.0. The summed E-state index contributed by atoms with van der Waals surface area (Å²) in [6.07, 6.45) is 1.43. The van der Waals surface area contributed by atoms with E-state index >= 15 is 0 Å². The monoisotopic (exact) mass is 340 g/mol. The van der Waals surface area contributed by atoms with Crippen LogP contribution in [0, 0.1) is 0 Å². The highest BCUT2D eigenvalue weighted by Crippen LogP contribution is 2.21. The van der Waals surface area contributed by atoms with Gasteiger partial charge in [-0.25, -0.2) is 8.42 Å². The maximum atomic E-state index is 12.4. The molecular weight excluding hydrogens is 316 g/mol. The number of hydrogen-bond acceptors (Lipinski definition) is 4. The second-order valence-corrected chi connectivity index (χ2v) is 7.70. The van der Waals surface area contributed by atoms with Crippen molar-refractivity contribution in [2.75, 3.05) is 32.6 Å². The topological polar surface area (TPSA) is 75.7 Å². The first-order valence-electron chi connectivity index (χ1n) is 7.83. The summed E-state index contributed by atoms with van der Waals surface area (Å²) >= 11 is 0. The smallest absolute Gasteiger partial charge is 0.221 e. The fourth-order valence-electron chi connectivity index (χ4n) is 2.59. The van der Waals surface area contributed by atoms with E-state index in [1.807, 2.05) is 24.3 Å². The molecule has 0 spiro atoms. The molecule has 1 aliphatic rings. The quantitative estimate of drug-likeness (QED) is 0.714. The van der Waals surface area contributed by atoms with Crippen LogP contribution in [0.15, 0.2) is 24.3 Å². The summed E-state index contributed by atoms with van der Waals surface area (Å²) < 4.78 is 31.2. The van der Waals surface area contributed by atoms with Crippen LogP contribution in [0.2, 0.25) is 0 Å². The van der Waals surface area contributed by atoms with Crippen LogP contribution < -0.4 is 5.32 Å². The van der Waals surface area contributed by atoms with E-state index in [1.165, 1.54) is 9.87 Å². The average Bonchev–Trinajstić information content (AvgIpc) is 2.56.